The maximum atomic E-state index is 11.1. The Morgan fingerprint density at radius 3 is 2.53 bits per heavy atom. The third kappa shape index (κ3) is 2.71. The van der Waals surface area contributed by atoms with Crippen molar-refractivity contribution in [2.75, 3.05) is 18.6 Å². The molecular formula is C11H12N2O2. The van der Waals surface area contributed by atoms with Gasteiger partial charge in [0.1, 0.15) is 5.75 Å². The SMILES string of the molecule is CCOc1ccc(N(C)C(=O)C#N)cc1. The highest BCUT2D eigenvalue weighted by atomic mass is 16.5. The topological polar surface area (TPSA) is 53.3 Å². The van der Waals surface area contributed by atoms with Crippen LogP contribution in [0.1, 0.15) is 6.92 Å². The van der Waals surface area contributed by atoms with Crippen LogP contribution in [0.5, 0.6) is 5.75 Å². The van der Waals surface area contributed by atoms with Gasteiger partial charge in [0.15, 0.2) is 6.07 Å². The Bertz CT molecular complexity index is 379. The molecule has 0 unspecified atom stereocenters. The largest absolute Gasteiger partial charge is 0.494 e. The number of amides is 1. The zero-order valence-electron chi connectivity index (χ0n) is 8.73. The van der Waals surface area contributed by atoms with Gasteiger partial charge in [0, 0.05) is 12.7 Å². The van der Waals surface area contributed by atoms with Gasteiger partial charge in [-0.1, -0.05) is 0 Å². The van der Waals surface area contributed by atoms with Crippen LogP contribution in [0.3, 0.4) is 0 Å². The molecule has 0 heterocycles. The standard InChI is InChI=1S/C11H12N2O2/c1-3-15-10-6-4-9(5-7-10)13(2)11(14)8-12/h4-7H,3H2,1-2H3. The predicted molar refractivity (Wildman–Crippen MR) is 56.6 cm³/mol. The number of anilines is 1. The average molecular weight is 204 g/mol. The second kappa shape index (κ2) is 5.01. The molecule has 78 valence electrons. The first-order chi connectivity index (χ1) is 7.19. The number of benzene rings is 1. The minimum absolute atomic E-state index is 0.584. The fourth-order valence-electron chi connectivity index (χ4n) is 1.12. The van der Waals surface area contributed by atoms with E-state index in [4.69, 9.17) is 10.00 Å². The molecule has 0 atom stereocenters. The van der Waals surface area contributed by atoms with E-state index in [1.165, 1.54) is 4.90 Å². The van der Waals surface area contributed by atoms with Crippen molar-refractivity contribution in [3.63, 3.8) is 0 Å². The van der Waals surface area contributed by atoms with Gasteiger partial charge in [-0.25, -0.2) is 0 Å². The van der Waals surface area contributed by atoms with Crippen molar-refractivity contribution in [2.24, 2.45) is 0 Å². The Morgan fingerprint density at radius 1 is 1.47 bits per heavy atom. The fraction of sp³-hybridized carbons (Fsp3) is 0.273. The molecule has 0 bridgehead atoms. The van der Waals surface area contributed by atoms with E-state index in [0.29, 0.717) is 12.3 Å². The van der Waals surface area contributed by atoms with Crippen molar-refractivity contribution < 1.29 is 9.53 Å². The lowest BCUT2D eigenvalue weighted by molar-refractivity contribution is -0.113. The van der Waals surface area contributed by atoms with E-state index in [1.54, 1.807) is 37.4 Å². The first-order valence-corrected chi connectivity index (χ1v) is 4.59. The Morgan fingerprint density at radius 2 is 2.07 bits per heavy atom. The first-order valence-electron chi connectivity index (χ1n) is 4.59. The Kier molecular flexibility index (Phi) is 3.69. The molecule has 1 aromatic rings. The van der Waals surface area contributed by atoms with Gasteiger partial charge in [-0.3, -0.25) is 4.79 Å². The van der Waals surface area contributed by atoms with Crippen molar-refractivity contribution in [3.8, 4) is 11.8 Å². The number of hydrogen-bond donors (Lipinski definition) is 0. The predicted octanol–water partition coefficient (Wildman–Crippen LogP) is 1.57. The van der Waals surface area contributed by atoms with Crippen molar-refractivity contribution in [1.29, 1.82) is 5.26 Å². The molecule has 0 spiro atoms. The number of carbonyl (C=O) groups excluding carboxylic acids is 1. The summed E-state index contributed by atoms with van der Waals surface area (Å²) in [5.41, 5.74) is 0.671. The summed E-state index contributed by atoms with van der Waals surface area (Å²) in [6.07, 6.45) is 0. The van der Waals surface area contributed by atoms with Crippen LogP contribution < -0.4 is 9.64 Å². The van der Waals surface area contributed by atoms with Crippen molar-refractivity contribution in [1.82, 2.24) is 0 Å². The molecule has 1 rings (SSSR count). The van der Waals surface area contributed by atoms with Gasteiger partial charge < -0.3 is 9.64 Å². The number of hydrogen-bond acceptors (Lipinski definition) is 3. The van der Waals surface area contributed by atoms with Crippen LogP contribution in [0.25, 0.3) is 0 Å². The van der Waals surface area contributed by atoms with Crippen LogP contribution in [-0.4, -0.2) is 19.6 Å². The molecule has 15 heavy (non-hydrogen) atoms. The zero-order chi connectivity index (χ0) is 11.3. The smallest absolute Gasteiger partial charge is 0.329 e. The minimum Gasteiger partial charge on any atom is -0.494 e. The lowest BCUT2D eigenvalue weighted by atomic mass is 10.3. The number of rotatable bonds is 3. The Labute approximate surface area is 88.7 Å². The van der Waals surface area contributed by atoms with Gasteiger partial charge in [0.25, 0.3) is 0 Å². The van der Waals surface area contributed by atoms with Gasteiger partial charge >= 0.3 is 5.91 Å². The zero-order valence-corrected chi connectivity index (χ0v) is 8.73. The van der Waals surface area contributed by atoms with Crippen molar-refractivity contribution >= 4 is 11.6 Å². The Hall–Kier alpha value is -2.02. The number of ether oxygens (including phenoxy) is 1. The molecular weight excluding hydrogens is 192 g/mol. The van der Waals surface area contributed by atoms with Gasteiger partial charge in [0.2, 0.25) is 0 Å². The van der Waals surface area contributed by atoms with E-state index in [-0.39, 0.29) is 0 Å². The summed E-state index contributed by atoms with van der Waals surface area (Å²) in [5.74, 6) is 0.165. The fourth-order valence-corrected chi connectivity index (χ4v) is 1.12. The van der Waals surface area contributed by atoms with Crippen molar-refractivity contribution in [3.05, 3.63) is 24.3 Å². The van der Waals surface area contributed by atoms with E-state index in [0.717, 1.165) is 5.75 Å². The molecule has 4 nitrogen and oxygen atoms in total. The van der Waals surface area contributed by atoms with Crippen LogP contribution in [0.15, 0.2) is 24.3 Å². The summed E-state index contributed by atoms with van der Waals surface area (Å²) >= 11 is 0. The Balaban J connectivity index is 2.80. The summed E-state index contributed by atoms with van der Waals surface area (Å²) in [6.45, 7) is 2.51. The average Bonchev–Trinajstić information content (AvgIpc) is 2.28. The van der Waals surface area contributed by atoms with E-state index >= 15 is 0 Å². The van der Waals surface area contributed by atoms with Gasteiger partial charge in [0.05, 0.1) is 6.61 Å². The van der Waals surface area contributed by atoms with E-state index in [2.05, 4.69) is 0 Å². The van der Waals surface area contributed by atoms with Gasteiger partial charge in [-0.05, 0) is 31.2 Å². The van der Waals surface area contributed by atoms with Crippen LogP contribution >= 0.6 is 0 Å². The number of carbonyl (C=O) groups is 1. The molecule has 4 heteroatoms. The summed E-state index contributed by atoms with van der Waals surface area (Å²) in [6, 6.07) is 8.56. The molecule has 0 aliphatic carbocycles. The first kappa shape index (κ1) is 11.1. The maximum Gasteiger partial charge on any atom is 0.329 e. The molecule has 1 aromatic carbocycles. The second-order valence-electron chi connectivity index (χ2n) is 2.90. The van der Waals surface area contributed by atoms with Crippen LogP contribution in [0.2, 0.25) is 0 Å². The third-order valence-electron chi connectivity index (χ3n) is 1.94. The molecule has 0 fully saturated rings. The molecule has 1 amide bonds. The van der Waals surface area contributed by atoms with E-state index in [9.17, 15) is 4.79 Å². The highest BCUT2D eigenvalue weighted by molar-refractivity contribution is 6.03. The number of nitrogens with zero attached hydrogens (tertiary/aromatic N) is 2. The minimum atomic E-state index is -0.584. The summed E-state index contributed by atoms with van der Waals surface area (Å²) in [4.78, 5) is 12.3. The van der Waals surface area contributed by atoms with Crippen molar-refractivity contribution in [2.45, 2.75) is 6.92 Å². The van der Waals surface area contributed by atoms with Crippen LogP contribution in [-0.2, 0) is 4.79 Å². The summed E-state index contributed by atoms with van der Waals surface area (Å²) in [7, 11) is 1.56. The molecule has 0 aliphatic rings. The summed E-state index contributed by atoms with van der Waals surface area (Å²) in [5, 5.41) is 8.44. The van der Waals surface area contributed by atoms with E-state index in [1.807, 2.05) is 6.92 Å². The normalized spacial score (nSPS) is 9.13. The number of nitriles is 1. The highest BCUT2D eigenvalue weighted by Gasteiger charge is 2.08. The lowest BCUT2D eigenvalue weighted by Gasteiger charge is -2.13. The van der Waals surface area contributed by atoms with Crippen LogP contribution in [0, 0.1) is 11.3 Å². The third-order valence-corrected chi connectivity index (χ3v) is 1.94. The quantitative estimate of drug-likeness (QED) is 0.702. The second-order valence-corrected chi connectivity index (χ2v) is 2.90. The molecule has 0 N–H and O–H groups in total. The molecule has 0 saturated heterocycles. The molecule has 0 radical (unpaired) electrons. The molecule has 0 saturated carbocycles. The molecule has 0 aliphatic heterocycles. The summed E-state index contributed by atoms with van der Waals surface area (Å²) < 4.78 is 5.26. The van der Waals surface area contributed by atoms with Gasteiger partial charge in [-0.15, -0.1) is 0 Å². The maximum absolute atomic E-state index is 11.1. The monoisotopic (exact) mass is 204 g/mol. The highest BCUT2D eigenvalue weighted by Crippen LogP contribution is 2.18. The molecule has 0 aromatic heterocycles. The van der Waals surface area contributed by atoms with Crippen LogP contribution in [0.4, 0.5) is 5.69 Å². The van der Waals surface area contributed by atoms with Gasteiger partial charge in [-0.2, -0.15) is 5.26 Å². The lowest BCUT2D eigenvalue weighted by Crippen LogP contribution is -2.24. The van der Waals surface area contributed by atoms with E-state index < -0.39 is 5.91 Å².